The molecule has 0 radical (unpaired) electrons. The summed E-state index contributed by atoms with van der Waals surface area (Å²) in [4.78, 5) is 11.7. The Morgan fingerprint density at radius 3 is 2.24 bits per heavy atom. The third kappa shape index (κ3) is 5.62. The second kappa shape index (κ2) is 7.99. The van der Waals surface area contributed by atoms with E-state index in [4.69, 9.17) is 0 Å². The van der Waals surface area contributed by atoms with Crippen molar-refractivity contribution in [2.75, 3.05) is 0 Å². The first kappa shape index (κ1) is 13.9. The maximum atomic E-state index is 12.7. The van der Waals surface area contributed by atoms with E-state index in [9.17, 15) is 9.18 Å². The van der Waals surface area contributed by atoms with Gasteiger partial charge in [0.1, 0.15) is 5.82 Å². The first-order chi connectivity index (χ1) is 8.24. The number of hydrogen-bond acceptors (Lipinski definition) is 1. The molecule has 1 rings (SSSR count). The zero-order valence-electron chi connectivity index (χ0n) is 10.5. The molecule has 0 atom stereocenters. The quantitative estimate of drug-likeness (QED) is 0.470. The lowest BCUT2D eigenvalue weighted by Gasteiger charge is -2.01. The molecule has 0 bridgehead atoms. The summed E-state index contributed by atoms with van der Waals surface area (Å²) in [6.45, 7) is 2.19. The predicted octanol–water partition coefficient (Wildman–Crippen LogP) is 4.76. The third-order valence-corrected chi connectivity index (χ3v) is 2.92. The number of carbonyl (C=O) groups excluding carboxylic acids is 1. The van der Waals surface area contributed by atoms with E-state index in [2.05, 4.69) is 6.92 Å². The van der Waals surface area contributed by atoms with E-state index < -0.39 is 0 Å². The Morgan fingerprint density at radius 1 is 1.00 bits per heavy atom. The smallest absolute Gasteiger partial charge is 0.162 e. The standard InChI is InChI=1S/C15H21FO/c1-2-3-4-5-6-7-8-15(17)13-9-11-14(16)12-10-13/h9-12H,2-8H2,1H3. The van der Waals surface area contributed by atoms with Gasteiger partial charge in [-0.2, -0.15) is 0 Å². The van der Waals surface area contributed by atoms with Crippen LogP contribution in [0.2, 0.25) is 0 Å². The molecule has 0 fully saturated rings. The average Bonchev–Trinajstić information content (AvgIpc) is 2.34. The molecule has 1 aromatic carbocycles. The van der Waals surface area contributed by atoms with Crippen molar-refractivity contribution < 1.29 is 9.18 Å². The van der Waals surface area contributed by atoms with E-state index in [0.717, 1.165) is 12.8 Å². The first-order valence-electron chi connectivity index (χ1n) is 6.53. The Morgan fingerprint density at radius 2 is 1.59 bits per heavy atom. The minimum Gasteiger partial charge on any atom is -0.294 e. The van der Waals surface area contributed by atoms with Crippen LogP contribution in [0.3, 0.4) is 0 Å². The maximum Gasteiger partial charge on any atom is 0.162 e. The van der Waals surface area contributed by atoms with Crippen LogP contribution >= 0.6 is 0 Å². The van der Waals surface area contributed by atoms with Gasteiger partial charge in [0.25, 0.3) is 0 Å². The monoisotopic (exact) mass is 236 g/mol. The SMILES string of the molecule is CCCCCCCCC(=O)c1ccc(F)cc1. The van der Waals surface area contributed by atoms with Crippen molar-refractivity contribution in [3.63, 3.8) is 0 Å². The second-order valence-corrected chi connectivity index (χ2v) is 4.45. The average molecular weight is 236 g/mol. The van der Waals surface area contributed by atoms with Gasteiger partial charge < -0.3 is 0 Å². The fraction of sp³-hybridized carbons (Fsp3) is 0.533. The fourth-order valence-corrected chi connectivity index (χ4v) is 1.85. The lowest BCUT2D eigenvalue weighted by molar-refractivity contribution is 0.0979. The van der Waals surface area contributed by atoms with Gasteiger partial charge in [0.05, 0.1) is 0 Å². The fourth-order valence-electron chi connectivity index (χ4n) is 1.85. The highest BCUT2D eigenvalue weighted by molar-refractivity contribution is 5.95. The maximum absolute atomic E-state index is 12.7. The van der Waals surface area contributed by atoms with Crippen LogP contribution in [0.25, 0.3) is 0 Å². The van der Waals surface area contributed by atoms with Crippen molar-refractivity contribution in [2.24, 2.45) is 0 Å². The van der Waals surface area contributed by atoms with Gasteiger partial charge in [-0.3, -0.25) is 4.79 Å². The Hall–Kier alpha value is -1.18. The van der Waals surface area contributed by atoms with Crippen molar-refractivity contribution in [1.29, 1.82) is 0 Å². The van der Waals surface area contributed by atoms with Gasteiger partial charge in [0.15, 0.2) is 5.78 Å². The van der Waals surface area contributed by atoms with Crippen LogP contribution in [0, 0.1) is 5.82 Å². The summed E-state index contributed by atoms with van der Waals surface area (Å²) in [6, 6.07) is 5.81. The summed E-state index contributed by atoms with van der Waals surface area (Å²) in [6.07, 6.45) is 7.65. The Balaban J connectivity index is 2.19. The van der Waals surface area contributed by atoms with E-state index in [-0.39, 0.29) is 11.6 Å². The van der Waals surface area contributed by atoms with Crippen molar-refractivity contribution >= 4 is 5.78 Å². The van der Waals surface area contributed by atoms with Crippen molar-refractivity contribution in [2.45, 2.75) is 51.9 Å². The van der Waals surface area contributed by atoms with Gasteiger partial charge in [-0.25, -0.2) is 4.39 Å². The van der Waals surface area contributed by atoms with Crippen LogP contribution in [-0.4, -0.2) is 5.78 Å². The number of benzene rings is 1. The Kier molecular flexibility index (Phi) is 6.53. The molecule has 0 aliphatic heterocycles. The molecule has 0 aromatic heterocycles. The summed E-state index contributed by atoms with van der Waals surface area (Å²) in [5.74, 6) is -0.165. The topological polar surface area (TPSA) is 17.1 Å². The van der Waals surface area contributed by atoms with Crippen molar-refractivity contribution in [3.8, 4) is 0 Å². The molecule has 0 saturated carbocycles. The number of ketones is 1. The molecule has 0 saturated heterocycles. The van der Waals surface area contributed by atoms with Gasteiger partial charge in [-0.05, 0) is 30.7 Å². The molecule has 1 nitrogen and oxygen atoms in total. The highest BCUT2D eigenvalue weighted by Gasteiger charge is 2.05. The van der Waals surface area contributed by atoms with E-state index in [1.807, 2.05) is 0 Å². The molecule has 17 heavy (non-hydrogen) atoms. The predicted molar refractivity (Wildman–Crippen MR) is 68.7 cm³/mol. The van der Waals surface area contributed by atoms with Crippen molar-refractivity contribution in [1.82, 2.24) is 0 Å². The zero-order valence-corrected chi connectivity index (χ0v) is 10.5. The van der Waals surface area contributed by atoms with Crippen LogP contribution in [0.15, 0.2) is 24.3 Å². The molecule has 0 spiro atoms. The minimum absolute atomic E-state index is 0.125. The van der Waals surface area contributed by atoms with Gasteiger partial charge in [-0.15, -0.1) is 0 Å². The number of hydrogen-bond donors (Lipinski definition) is 0. The minimum atomic E-state index is -0.291. The molecule has 0 amide bonds. The van der Waals surface area contributed by atoms with Crippen LogP contribution in [-0.2, 0) is 0 Å². The summed E-state index contributed by atoms with van der Waals surface area (Å²) in [7, 11) is 0. The van der Waals surface area contributed by atoms with Crippen LogP contribution < -0.4 is 0 Å². The summed E-state index contributed by atoms with van der Waals surface area (Å²) in [5.41, 5.74) is 0.625. The van der Waals surface area contributed by atoms with Crippen molar-refractivity contribution in [3.05, 3.63) is 35.6 Å². The van der Waals surface area contributed by atoms with Crippen LogP contribution in [0.5, 0.6) is 0 Å². The molecule has 0 aliphatic rings. The summed E-state index contributed by atoms with van der Waals surface area (Å²) in [5, 5.41) is 0. The van der Waals surface area contributed by atoms with Crippen LogP contribution in [0.1, 0.15) is 62.2 Å². The summed E-state index contributed by atoms with van der Waals surface area (Å²) >= 11 is 0. The van der Waals surface area contributed by atoms with E-state index in [0.29, 0.717) is 12.0 Å². The van der Waals surface area contributed by atoms with E-state index >= 15 is 0 Å². The molecular formula is C15H21FO. The zero-order chi connectivity index (χ0) is 12.5. The molecule has 2 heteroatoms. The normalized spacial score (nSPS) is 10.5. The molecule has 0 aliphatic carbocycles. The number of Topliss-reactive ketones (excluding diaryl/α,β-unsaturated/α-hetero) is 1. The second-order valence-electron chi connectivity index (χ2n) is 4.45. The molecular weight excluding hydrogens is 215 g/mol. The Bertz CT molecular complexity index is 329. The summed E-state index contributed by atoms with van der Waals surface area (Å²) < 4.78 is 12.7. The molecule has 0 unspecified atom stereocenters. The molecule has 0 heterocycles. The van der Waals surface area contributed by atoms with Crippen LogP contribution in [0.4, 0.5) is 4.39 Å². The van der Waals surface area contributed by atoms with E-state index in [1.54, 1.807) is 12.1 Å². The molecule has 0 N–H and O–H groups in total. The lowest BCUT2D eigenvalue weighted by atomic mass is 10.0. The lowest BCUT2D eigenvalue weighted by Crippen LogP contribution is -1.98. The van der Waals surface area contributed by atoms with Gasteiger partial charge >= 0.3 is 0 Å². The van der Waals surface area contributed by atoms with Gasteiger partial charge in [0.2, 0.25) is 0 Å². The highest BCUT2D eigenvalue weighted by Crippen LogP contribution is 2.11. The molecule has 94 valence electrons. The molecule has 1 aromatic rings. The number of halogens is 1. The largest absolute Gasteiger partial charge is 0.294 e. The van der Waals surface area contributed by atoms with E-state index in [1.165, 1.54) is 37.8 Å². The number of rotatable bonds is 8. The number of carbonyl (C=O) groups is 1. The Labute approximate surface area is 103 Å². The number of unbranched alkanes of at least 4 members (excludes halogenated alkanes) is 5. The third-order valence-electron chi connectivity index (χ3n) is 2.92. The first-order valence-corrected chi connectivity index (χ1v) is 6.53. The van der Waals surface area contributed by atoms with Gasteiger partial charge in [0, 0.05) is 12.0 Å². The van der Waals surface area contributed by atoms with Gasteiger partial charge in [-0.1, -0.05) is 39.0 Å². The highest BCUT2D eigenvalue weighted by atomic mass is 19.1.